The highest BCUT2D eigenvalue weighted by molar-refractivity contribution is 7.87. The van der Waals surface area contributed by atoms with Crippen LogP contribution in [0.25, 0.3) is 0 Å². The maximum absolute atomic E-state index is 13.4. The molecule has 2 aliphatic heterocycles. The second-order valence-corrected chi connectivity index (χ2v) is 12.6. The van der Waals surface area contributed by atoms with Crippen LogP contribution in [0.15, 0.2) is 69.7 Å². The van der Waals surface area contributed by atoms with Gasteiger partial charge in [0.05, 0.1) is 85.0 Å². The first-order valence-corrected chi connectivity index (χ1v) is 18.1. The van der Waals surface area contributed by atoms with Gasteiger partial charge in [-0.2, -0.15) is 13.5 Å². The van der Waals surface area contributed by atoms with E-state index in [1.165, 1.54) is 24.3 Å². The van der Waals surface area contributed by atoms with Crippen molar-refractivity contribution >= 4 is 21.5 Å². The summed E-state index contributed by atoms with van der Waals surface area (Å²) in [6.07, 6.45) is 0. The van der Waals surface area contributed by atoms with Crippen LogP contribution in [0.4, 0.5) is 11.4 Å². The van der Waals surface area contributed by atoms with E-state index in [-0.39, 0.29) is 60.9 Å². The third-order valence-electron chi connectivity index (χ3n) is 7.16. The topological polar surface area (TPSA) is 160 Å². The van der Waals surface area contributed by atoms with E-state index in [1.807, 2.05) is 6.92 Å². The van der Waals surface area contributed by atoms with E-state index < -0.39 is 10.1 Å². The van der Waals surface area contributed by atoms with Crippen LogP contribution in [0, 0.1) is 6.92 Å². The Hall–Kier alpha value is -4.03. The normalized spacial score (nSPS) is 18.1. The van der Waals surface area contributed by atoms with E-state index >= 15 is 0 Å². The minimum atomic E-state index is -4.28. The standard InChI is InChI=1S/C35H44N2O13S/c1-27-2-5-29(6-3-27)51(38,39)50-32-26-35-34(48-22-18-44-14-10-41-11-15-45-19-23-49-35)25-30(32)37-36-28-4-7-31-33(24-28)47-21-17-43-13-9-40-8-12-42-16-20-46-31/h2-7,24-26H,8-23H2,1H3. The molecule has 278 valence electrons. The summed E-state index contributed by atoms with van der Waals surface area (Å²) in [6, 6.07) is 14.3. The number of aryl methyl sites for hydroxylation is 1. The van der Waals surface area contributed by atoms with Crippen LogP contribution in [0.1, 0.15) is 5.56 Å². The first-order valence-electron chi connectivity index (χ1n) is 16.7. The fourth-order valence-electron chi connectivity index (χ4n) is 4.60. The first-order chi connectivity index (χ1) is 25.0. The van der Waals surface area contributed by atoms with Crippen molar-refractivity contribution in [2.45, 2.75) is 11.8 Å². The number of azo groups is 1. The van der Waals surface area contributed by atoms with Gasteiger partial charge in [-0.1, -0.05) is 17.7 Å². The average molecular weight is 733 g/mol. The van der Waals surface area contributed by atoms with Crippen LogP contribution < -0.4 is 23.1 Å². The van der Waals surface area contributed by atoms with Crippen molar-refractivity contribution in [3.05, 3.63) is 60.2 Å². The van der Waals surface area contributed by atoms with Gasteiger partial charge in [0.2, 0.25) is 0 Å². The van der Waals surface area contributed by atoms with Crippen molar-refractivity contribution in [2.24, 2.45) is 10.2 Å². The number of nitrogens with zero attached hydrogens (tertiary/aromatic N) is 2. The van der Waals surface area contributed by atoms with E-state index in [0.717, 1.165) is 5.56 Å². The molecule has 0 saturated carbocycles. The second-order valence-electron chi connectivity index (χ2n) is 11.0. The smallest absolute Gasteiger partial charge is 0.339 e. The number of benzene rings is 3. The van der Waals surface area contributed by atoms with Crippen LogP contribution in [-0.2, 0) is 38.5 Å². The lowest BCUT2D eigenvalue weighted by atomic mass is 10.2. The first kappa shape index (κ1) is 38.2. The maximum Gasteiger partial charge on any atom is 0.339 e. The van der Waals surface area contributed by atoms with Crippen molar-refractivity contribution in [2.75, 3.05) is 106 Å². The summed E-state index contributed by atoms with van der Waals surface area (Å²) in [7, 11) is -4.28. The van der Waals surface area contributed by atoms with E-state index in [9.17, 15) is 8.42 Å². The van der Waals surface area contributed by atoms with Crippen LogP contribution in [0.3, 0.4) is 0 Å². The molecule has 3 aromatic carbocycles. The molecule has 3 aromatic rings. The molecule has 0 saturated heterocycles. The zero-order chi connectivity index (χ0) is 35.6. The SMILES string of the molecule is Cc1ccc(S(=O)(=O)Oc2cc3c(cc2N=Nc2ccc4c(c2)OCCOCCOCCOCCO4)OCCOCCOCCOCCO3)cc1. The van der Waals surface area contributed by atoms with Gasteiger partial charge in [0.15, 0.2) is 28.7 Å². The van der Waals surface area contributed by atoms with Crippen molar-refractivity contribution in [3.63, 3.8) is 0 Å². The van der Waals surface area contributed by atoms with E-state index in [1.54, 1.807) is 30.3 Å². The molecule has 0 spiro atoms. The summed E-state index contributed by atoms with van der Waals surface area (Å²) in [4.78, 5) is -0.0297. The van der Waals surface area contributed by atoms with Crippen molar-refractivity contribution in [1.29, 1.82) is 0 Å². The quantitative estimate of drug-likeness (QED) is 0.260. The minimum absolute atomic E-state index is 0.0297. The average Bonchev–Trinajstić information content (AvgIpc) is 3.14. The minimum Gasteiger partial charge on any atom is -0.487 e. The second kappa shape index (κ2) is 20.7. The lowest BCUT2D eigenvalue weighted by Crippen LogP contribution is -2.13. The van der Waals surface area contributed by atoms with Crippen LogP contribution >= 0.6 is 0 Å². The van der Waals surface area contributed by atoms with Crippen LogP contribution in [0.5, 0.6) is 28.7 Å². The van der Waals surface area contributed by atoms with E-state index in [2.05, 4.69) is 10.2 Å². The highest BCUT2D eigenvalue weighted by Gasteiger charge is 2.22. The maximum atomic E-state index is 13.4. The molecular weight excluding hydrogens is 688 g/mol. The fraction of sp³-hybridized carbons (Fsp3) is 0.486. The third-order valence-corrected chi connectivity index (χ3v) is 8.41. The van der Waals surface area contributed by atoms with Gasteiger partial charge in [0.1, 0.15) is 37.0 Å². The van der Waals surface area contributed by atoms with Crippen LogP contribution in [-0.4, -0.2) is 114 Å². The summed E-state index contributed by atoms with van der Waals surface area (Å²) < 4.78 is 89.6. The molecule has 0 fully saturated rings. The van der Waals surface area contributed by atoms with E-state index in [4.69, 9.17) is 51.6 Å². The van der Waals surface area contributed by atoms with Gasteiger partial charge in [-0.15, -0.1) is 5.11 Å². The molecule has 0 amide bonds. The van der Waals surface area contributed by atoms with Crippen molar-refractivity contribution in [1.82, 2.24) is 0 Å². The number of hydrogen-bond acceptors (Lipinski definition) is 15. The number of ether oxygens (including phenoxy) is 10. The lowest BCUT2D eigenvalue weighted by Gasteiger charge is -2.16. The Labute approximate surface area is 297 Å². The Balaban J connectivity index is 1.44. The molecule has 0 unspecified atom stereocenters. The van der Waals surface area contributed by atoms with Gasteiger partial charge in [0.25, 0.3) is 0 Å². The molecular formula is C35H44N2O13S. The fourth-order valence-corrected chi connectivity index (χ4v) is 5.54. The van der Waals surface area contributed by atoms with Crippen molar-refractivity contribution in [3.8, 4) is 28.7 Å². The van der Waals surface area contributed by atoms with Gasteiger partial charge in [-0.25, -0.2) is 0 Å². The zero-order valence-corrected chi connectivity index (χ0v) is 29.4. The zero-order valence-electron chi connectivity index (χ0n) is 28.6. The Kier molecular flexibility index (Phi) is 15.5. The molecule has 16 heteroatoms. The van der Waals surface area contributed by atoms with Crippen LogP contribution in [0.2, 0.25) is 0 Å². The molecule has 0 aliphatic carbocycles. The molecule has 5 rings (SSSR count). The molecule has 0 aromatic heterocycles. The van der Waals surface area contributed by atoms with Gasteiger partial charge >= 0.3 is 10.1 Å². The molecule has 0 radical (unpaired) electrons. The summed E-state index contributed by atoms with van der Waals surface area (Å²) in [5.74, 6) is 1.29. The van der Waals surface area contributed by atoms with Gasteiger partial charge in [-0.3, -0.25) is 0 Å². The molecule has 51 heavy (non-hydrogen) atoms. The number of hydrogen-bond donors (Lipinski definition) is 0. The summed E-state index contributed by atoms with van der Waals surface area (Å²) in [5.41, 5.74) is 1.36. The predicted octanol–water partition coefficient (Wildman–Crippen LogP) is 4.82. The van der Waals surface area contributed by atoms with Gasteiger partial charge in [0, 0.05) is 18.2 Å². The third kappa shape index (κ3) is 12.9. The summed E-state index contributed by atoms with van der Waals surface area (Å²) >= 11 is 0. The van der Waals surface area contributed by atoms with E-state index in [0.29, 0.717) is 89.9 Å². The van der Waals surface area contributed by atoms with Crippen molar-refractivity contribution < 1.29 is 60.0 Å². The molecule has 0 N–H and O–H groups in total. The molecule has 0 bridgehead atoms. The van der Waals surface area contributed by atoms with Gasteiger partial charge < -0.3 is 51.6 Å². The Bertz CT molecular complexity index is 1640. The Morgan fingerprint density at radius 2 is 0.922 bits per heavy atom. The Morgan fingerprint density at radius 1 is 0.490 bits per heavy atom. The van der Waals surface area contributed by atoms with Gasteiger partial charge in [-0.05, 0) is 31.2 Å². The largest absolute Gasteiger partial charge is 0.487 e. The predicted molar refractivity (Wildman–Crippen MR) is 183 cm³/mol. The molecule has 15 nitrogen and oxygen atoms in total. The monoisotopic (exact) mass is 732 g/mol. The number of fused-ring (bicyclic) bond motifs is 2. The molecule has 0 atom stereocenters. The highest BCUT2D eigenvalue weighted by atomic mass is 32.2. The summed E-state index contributed by atoms with van der Waals surface area (Å²) in [5, 5.41) is 8.80. The molecule has 2 aliphatic rings. The Morgan fingerprint density at radius 3 is 1.43 bits per heavy atom. The lowest BCUT2D eigenvalue weighted by molar-refractivity contribution is 0.00708. The molecule has 2 heterocycles. The highest BCUT2D eigenvalue weighted by Crippen LogP contribution is 2.42. The summed E-state index contributed by atoms with van der Waals surface area (Å²) in [6.45, 7) is 7.40. The number of rotatable bonds is 5.